The summed E-state index contributed by atoms with van der Waals surface area (Å²) in [6.07, 6.45) is 10.0. The summed E-state index contributed by atoms with van der Waals surface area (Å²) in [5.41, 5.74) is 4.53. The van der Waals surface area contributed by atoms with Crippen LogP contribution in [0.4, 0.5) is 0 Å². The number of carbonyl (C=O) groups is 1. The molecule has 0 fully saturated rings. The first-order valence-electron chi connectivity index (χ1n) is 10.8. The number of benzene rings is 1. The van der Waals surface area contributed by atoms with Gasteiger partial charge in [-0.15, -0.1) is 0 Å². The number of hydrogen-bond acceptors (Lipinski definition) is 2. The molecule has 0 unspecified atom stereocenters. The lowest BCUT2D eigenvalue weighted by Crippen LogP contribution is -2.20. The van der Waals surface area contributed by atoms with Gasteiger partial charge in [-0.25, -0.2) is 0 Å². The van der Waals surface area contributed by atoms with E-state index in [0.29, 0.717) is 12.8 Å². The molecule has 0 saturated carbocycles. The van der Waals surface area contributed by atoms with Gasteiger partial charge in [0.25, 0.3) is 0 Å². The third-order valence-corrected chi connectivity index (χ3v) is 5.51. The van der Waals surface area contributed by atoms with Gasteiger partial charge < -0.3 is 4.74 Å². The summed E-state index contributed by atoms with van der Waals surface area (Å²) in [6, 6.07) is 4.40. The first-order chi connectivity index (χ1) is 12.7. The van der Waals surface area contributed by atoms with Gasteiger partial charge in [-0.1, -0.05) is 83.9 Å². The summed E-state index contributed by atoms with van der Waals surface area (Å²) < 4.78 is 6.21. The van der Waals surface area contributed by atoms with Crippen molar-refractivity contribution in [3.8, 4) is 5.75 Å². The number of rotatable bonds is 9. The van der Waals surface area contributed by atoms with Crippen LogP contribution in [0, 0.1) is 6.92 Å². The second kappa shape index (κ2) is 9.57. The van der Waals surface area contributed by atoms with E-state index in [2.05, 4.69) is 46.8 Å². The molecular formula is C25H38O2. The first kappa shape index (κ1) is 21.7. The molecule has 0 aliphatic carbocycles. The van der Waals surface area contributed by atoms with Crippen molar-refractivity contribution in [3.63, 3.8) is 0 Å². The molecule has 0 amide bonds. The van der Waals surface area contributed by atoms with Crippen LogP contribution in [0.1, 0.15) is 103 Å². The van der Waals surface area contributed by atoms with Crippen molar-refractivity contribution in [1.82, 2.24) is 0 Å². The number of unbranched alkanes of at least 4 members (excludes halogenated alkanes) is 6. The molecule has 0 atom stereocenters. The van der Waals surface area contributed by atoms with Crippen LogP contribution in [0.15, 0.2) is 23.5 Å². The number of aryl methyl sites for hydroxylation is 1. The number of hydrogen-bond donors (Lipinski definition) is 0. The van der Waals surface area contributed by atoms with Crippen LogP contribution in [-0.4, -0.2) is 5.78 Å². The topological polar surface area (TPSA) is 26.3 Å². The highest BCUT2D eigenvalue weighted by molar-refractivity contribution is 5.96. The van der Waals surface area contributed by atoms with Gasteiger partial charge in [0.15, 0.2) is 5.78 Å². The molecule has 0 spiro atoms. The molecular weight excluding hydrogens is 332 g/mol. The molecule has 0 bridgehead atoms. The van der Waals surface area contributed by atoms with Crippen LogP contribution < -0.4 is 4.74 Å². The number of ketones is 1. The Labute approximate surface area is 166 Å². The van der Waals surface area contributed by atoms with E-state index in [-0.39, 0.29) is 11.2 Å². The second-order valence-electron chi connectivity index (χ2n) is 9.16. The molecule has 2 heteroatoms. The molecule has 1 heterocycles. The number of allylic oxidation sites excluding steroid dienone is 2. The minimum atomic E-state index is 0.0235. The molecule has 0 saturated heterocycles. The Hall–Kier alpha value is -1.57. The minimum Gasteiger partial charge on any atom is -0.461 e. The Morgan fingerprint density at radius 2 is 1.63 bits per heavy atom. The maximum atomic E-state index is 12.8. The van der Waals surface area contributed by atoms with Crippen LogP contribution in [0.2, 0.25) is 0 Å². The fraction of sp³-hybridized carbons (Fsp3) is 0.640. The molecule has 1 aliphatic heterocycles. The Morgan fingerprint density at radius 3 is 2.26 bits per heavy atom. The predicted octanol–water partition coefficient (Wildman–Crippen LogP) is 7.21. The zero-order valence-corrected chi connectivity index (χ0v) is 18.3. The van der Waals surface area contributed by atoms with E-state index in [0.717, 1.165) is 35.5 Å². The zero-order chi connectivity index (χ0) is 20.0. The van der Waals surface area contributed by atoms with Gasteiger partial charge in [0.05, 0.1) is 0 Å². The van der Waals surface area contributed by atoms with Crippen LogP contribution >= 0.6 is 0 Å². The Morgan fingerprint density at radius 1 is 1.00 bits per heavy atom. The van der Waals surface area contributed by atoms with Crippen molar-refractivity contribution in [2.75, 3.05) is 0 Å². The van der Waals surface area contributed by atoms with Gasteiger partial charge in [-0.2, -0.15) is 0 Å². The van der Waals surface area contributed by atoms with Crippen molar-refractivity contribution in [1.29, 1.82) is 0 Å². The summed E-state index contributed by atoms with van der Waals surface area (Å²) in [6.45, 7) is 13.0. The summed E-state index contributed by atoms with van der Waals surface area (Å²) >= 11 is 0. The van der Waals surface area contributed by atoms with Crippen LogP contribution in [0.5, 0.6) is 5.75 Å². The second-order valence-corrected chi connectivity index (χ2v) is 9.16. The standard InChI is InChI=1S/C25H38O2/c1-7-8-9-10-11-12-13-14-23(26)21-17-20-15-18(2)16-22(25(4,5)6)24(20)27-19(21)3/h15-16H,7-14,17H2,1-6H3. The van der Waals surface area contributed by atoms with E-state index in [1.807, 2.05) is 6.92 Å². The largest absolute Gasteiger partial charge is 0.461 e. The molecule has 0 N–H and O–H groups in total. The average molecular weight is 371 g/mol. The van der Waals surface area contributed by atoms with Gasteiger partial charge in [-0.05, 0) is 31.2 Å². The Kier molecular flexibility index (Phi) is 7.70. The summed E-state index contributed by atoms with van der Waals surface area (Å²) in [5.74, 6) is 2.04. The SMILES string of the molecule is CCCCCCCCCC(=O)C1=C(C)Oc2c(cc(C)cc2C(C)(C)C)C1. The number of ether oxygens (including phenoxy) is 1. The van der Waals surface area contributed by atoms with Gasteiger partial charge in [0.2, 0.25) is 0 Å². The third kappa shape index (κ3) is 5.96. The number of Topliss-reactive ketones (excluding diaryl/α,β-unsaturated/α-hetero) is 1. The van der Waals surface area contributed by atoms with Gasteiger partial charge in [-0.3, -0.25) is 4.79 Å². The highest BCUT2D eigenvalue weighted by atomic mass is 16.5. The van der Waals surface area contributed by atoms with E-state index < -0.39 is 0 Å². The minimum absolute atomic E-state index is 0.0235. The molecule has 1 aliphatic rings. The first-order valence-corrected chi connectivity index (χ1v) is 10.8. The third-order valence-electron chi connectivity index (χ3n) is 5.51. The Balaban J connectivity index is 2.00. The highest BCUT2D eigenvalue weighted by Crippen LogP contribution is 2.40. The zero-order valence-electron chi connectivity index (χ0n) is 18.3. The monoisotopic (exact) mass is 370 g/mol. The molecule has 150 valence electrons. The van der Waals surface area contributed by atoms with Gasteiger partial charge in [0.1, 0.15) is 11.5 Å². The van der Waals surface area contributed by atoms with Crippen LogP contribution in [0.25, 0.3) is 0 Å². The average Bonchev–Trinajstić information content (AvgIpc) is 2.59. The van der Waals surface area contributed by atoms with E-state index in [9.17, 15) is 4.79 Å². The van der Waals surface area contributed by atoms with E-state index in [1.54, 1.807) is 0 Å². The quantitative estimate of drug-likeness (QED) is 0.429. The van der Waals surface area contributed by atoms with E-state index in [1.165, 1.54) is 43.2 Å². The summed E-state index contributed by atoms with van der Waals surface area (Å²) in [7, 11) is 0. The van der Waals surface area contributed by atoms with Crippen molar-refractivity contribution in [2.45, 2.75) is 105 Å². The van der Waals surface area contributed by atoms with E-state index in [4.69, 9.17) is 4.74 Å². The molecule has 0 aromatic heterocycles. The molecule has 2 rings (SSSR count). The van der Waals surface area contributed by atoms with Crippen LogP contribution in [0.3, 0.4) is 0 Å². The number of carbonyl (C=O) groups excluding carboxylic acids is 1. The smallest absolute Gasteiger partial charge is 0.162 e. The van der Waals surface area contributed by atoms with Crippen molar-refractivity contribution in [3.05, 3.63) is 40.2 Å². The van der Waals surface area contributed by atoms with Gasteiger partial charge >= 0.3 is 0 Å². The highest BCUT2D eigenvalue weighted by Gasteiger charge is 2.28. The van der Waals surface area contributed by atoms with Gasteiger partial charge in [0, 0.05) is 24.0 Å². The summed E-state index contributed by atoms with van der Waals surface area (Å²) in [4.78, 5) is 12.8. The van der Waals surface area contributed by atoms with Crippen molar-refractivity contribution < 1.29 is 9.53 Å². The molecule has 1 aromatic carbocycles. The molecule has 27 heavy (non-hydrogen) atoms. The normalized spacial score (nSPS) is 14.1. The fourth-order valence-electron chi connectivity index (χ4n) is 3.88. The lowest BCUT2D eigenvalue weighted by atomic mass is 9.82. The molecule has 1 aromatic rings. The maximum Gasteiger partial charge on any atom is 0.162 e. The fourth-order valence-corrected chi connectivity index (χ4v) is 3.88. The summed E-state index contributed by atoms with van der Waals surface area (Å²) in [5, 5.41) is 0. The van der Waals surface area contributed by atoms with Crippen molar-refractivity contribution in [2.24, 2.45) is 0 Å². The molecule has 0 radical (unpaired) electrons. The van der Waals surface area contributed by atoms with Crippen molar-refractivity contribution >= 4 is 5.78 Å². The number of fused-ring (bicyclic) bond motifs is 1. The Bertz CT molecular complexity index is 689. The lowest BCUT2D eigenvalue weighted by molar-refractivity contribution is -0.116. The molecule has 2 nitrogen and oxygen atoms in total. The maximum absolute atomic E-state index is 12.8. The van der Waals surface area contributed by atoms with E-state index >= 15 is 0 Å². The lowest BCUT2D eigenvalue weighted by Gasteiger charge is -2.29. The predicted molar refractivity (Wildman–Crippen MR) is 115 cm³/mol. The van der Waals surface area contributed by atoms with Crippen LogP contribution in [-0.2, 0) is 16.6 Å².